The quantitative estimate of drug-likeness (QED) is 0.317. The number of benzene rings is 4. The molecule has 1 aliphatic heterocycles. The summed E-state index contributed by atoms with van der Waals surface area (Å²) < 4.78 is 0.856. The topological polar surface area (TPSA) is 15.6 Å². The van der Waals surface area contributed by atoms with Crippen LogP contribution in [0.3, 0.4) is 0 Å². The molecule has 0 radical (unpaired) electrons. The van der Waals surface area contributed by atoms with Gasteiger partial charge in [-0.05, 0) is 49.5 Å². The van der Waals surface area contributed by atoms with Crippen LogP contribution in [0.1, 0.15) is 17.2 Å². The van der Waals surface area contributed by atoms with Crippen molar-refractivity contribution in [2.45, 2.75) is 6.04 Å². The number of fused-ring (bicyclic) bond motifs is 2. The van der Waals surface area contributed by atoms with Crippen LogP contribution in [0.5, 0.6) is 0 Å². The highest BCUT2D eigenvalue weighted by Gasteiger charge is 2.27. The van der Waals surface area contributed by atoms with E-state index in [2.05, 4.69) is 118 Å². The number of halogens is 1. The van der Waals surface area contributed by atoms with E-state index in [0.29, 0.717) is 0 Å². The summed E-state index contributed by atoms with van der Waals surface area (Å²) in [6.07, 6.45) is 0. The molecule has 1 unspecified atom stereocenters. The fraction of sp³-hybridized carbons (Fsp3) is 0.0800. The number of para-hydroxylation sites is 1. The molecule has 1 aliphatic rings. The summed E-state index contributed by atoms with van der Waals surface area (Å²) in [4.78, 5) is 6.84. The van der Waals surface area contributed by atoms with Gasteiger partial charge in [0, 0.05) is 12.6 Å². The van der Waals surface area contributed by atoms with E-state index in [1.54, 1.807) is 0 Å². The SMILES string of the molecule is CN1C(Br)=Nc2ccccc2C1c1ccc(-c2cccc3ccccc23)cc1. The normalized spacial score (nSPS) is 16.0. The Kier molecular flexibility index (Phi) is 4.25. The van der Waals surface area contributed by atoms with Crippen LogP contribution in [-0.4, -0.2) is 16.7 Å². The van der Waals surface area contributed by atoms with Crippen LogP contribution >= 0.6 is 15.9 Å². The first-order valence-electron chi connectivity index (χ1n) is 9.36. The molecule has 0 saturated heterocycles. The molecule has 0 bridgehead atoms. The lowest BCUT2D eigenvalue weighted by atomic mass is 9.92. The maximum atomic E-state index is 4.66. The van der Waals surface area contributed by atoms with Gasteiger partial charge < -0.3 is 4.90 Å². The maximum Gasteiger partial charge on any atom is 0.174 e. The average molecular weight is 427 g/mol. The molecule has 0 aromatic heterocycles. The molecule has 3 heteroatoms. The largest absolute Gasteiger partial charge is 0.343 e. The monoisotopic (exact) mass is 426 g/mol. The van der Waals surface area contributed by atoms with Gasteiger partial charge in [0.15, 0.2) is 4.74 Å². The van der Waals surface area contributed by atoms with Gasteiger partial charge in [-0.2, -0.15) is 0 Å². The predicted molar refractivity (Wildman–Crippen MR) is 121 cm³/mol. The Hall–Kier alpha value is -2.91. The Morgan fingerprint density at radius 1 is 0.786 bits per heavy atom. The van der Waals surface area contributed by atoms with Crippen LogP contribution in [0.15, 0.2) is 96.0 Å². The van der Waals surface area contributed by atoms with Gasteiger partial charge in [-0.3, -0.25) is 0 Å². The molecule has 136 valence electrons. The van der Waals surface area contributed by atoms with E-state index >= 15 is 0 Å². The van der Waals surface area contributed by atoms with Gasteiger partial charge in [-0.15, -0.1) is 0 Å². The van der Waals surface area contributed by atoms with E-state index in [1.165, 1.54) is 33.0 Å². The third-order valence-corrected chi connectivity index (χ3v) is 6.19. The maximum absolute atomic E-state index is 4.66. The third-order valence-electron chi connectivity index (χ3n) is 5.45. The van der Waals surface area contributed by atoms with Gasteiger partial charge >= 0.3 is 0 Å². The molecule has 28 heavy (non-hydrogen) atoms. The molecule has 1 atom stereocenters. The molecular formula is C25H19BrN2. The molecule has 0 fully saturated rings. The van der Waals surface area contributed by atoms with Gasteiger partial charge in [0.2, 0.25) is 0 Å². The van der Waals surface area contributed by atoms with Crippen LogP contribution in [0.4, 0.5) is 5.69 Å². The zero-order chi connectivity index (χ0) is 19.1. The highest BCUT2D eigenvalue weighted by atomic mass is 79.9. The van der Waals surface area contributed by atoms with Crippen LogP contribution in [0.25, 0.3) is 21.9 Å². The first-order valence-corrected chi connectivity index (χ1v) is 10.2. The Morgan fingerprint density at radius 3 is 2.36 bits per heavy atom. The minimum Gasteiger partial charge on any atom is -0.343 e. The number of aliphatic imine (C=N–C) groups is 1. The number of nitrogens with zero attached hydrogens (tertiary/aromatic N) is 2. The van der Waals surface area contributed by atoms with Crippen LogP contribution in [0, 0.1) is 0 Å². The molecule has 4 aromatic carbocycles. The van der Waals surface area contributed by atoms with Crippen molar-refractivity contribution in [3.63, 3.8) is 0 Å². The highest BCUT2D eigenvalue weighted by molar-refractivity contribution is 9.18. The summed E-state index contributed by atoms with van der Waals surface area (Å²) in [5, 5.41) is 2.55. The van der Waals surface area contributed by atoms with Crippen LogP contribution in [0.2, 0.25) is 0 Å². The smallest absolute Gasteiger partial charge is 0.174 e. The minimum absolute atomic E-state index is 0.143. The van der Waals surface area contributed by atoms with Gasteiger partial charge in [-0.25, -0.2) is 4.99 Å². The van der Waals surface area contributed by atoms with Crippen molar-refractivity contribution < 1.29 is 0 Å². The van der Waals surface area contributed by atoms with Crippen molar-refractivity contribution in [2.75, 3.05) is 7.05 Å². The van der Waals surface area contributed by atoms with E-state index in [9.17, 15) is 0 Å². The second kappa shape index (κ2) is 6.92. The second-order valence-electron chi connectivity index (χ2n) is 7.10. The van der Waals surface area contributed by atoms with Crippen molar-refractivity contribution >= 4 is 37.1 Å². The van der Waals surface area contributed by atoms with Crippen molar-refractivity contribution in [1.29, 1.82) is 0 Å². The number of hydrogen-bond acceptors (Lipinski definition) is 2. The summed E-state index contributed by atoms with van der Waals surface area (Å²) in [6, 6.07) is 32.5. The van der Waals surface area contributed by atoms with Crippen LogP contribution in [-0.2, 0) is 0 Å². The second-order valence-corrected chi connectivity index (χ2v) is 7.81. The van der Waals surface area contributed by atoms with E-state index in [0.717, 1.165) is 10.4 Å². The molecule has 0 spiro atoms. The zero-order valence-electron chi connectivity index (χ0n) is 15.5. The van der Waals surface area contributed by atoms with Crippen molar-refractivity contribution in [1.82, 2.24) is 4.90 Å². The summed E-state index contributed by atoms with van der Waals surface area (Å²) in [5.74, 6) is 0. The average Bonchev–Trinajstić information content (AvgIpc) is 2.74. The highest BCUT2D eigenvalue weighted by Crippen LogP contribution is 2.40. The first kappa shape index (κ1) is 17.2. The van der Waals surface area contributed by atoms with E-state index < -0.39 is 0 Å². The lowest BCUT2D eigenvalue weighted by Crippen LogP contribution is -2.31. The molecule has 0 amide bonds. The summed E-state index contributed by atoms with van der Waals surface area (Å²) in [7, 11) is 2.08. The molecule has 2 nitrogen and oxygen atoms in total. The number of rotatable bonds is 2. The molecule has 4 aromatic rings. The number of amidine groups is 1. The summed E-state index contributed by atoms with van der Waals surface area (Å²) in [6.45, 7) is 0. The van der Waals surface area contributed by atoms with Gasteiger partial charge in [-0.1, -0.05) is 84.9 Å². The van der Waals surface area contributed by atoms with Crippen LogP contribution < -0.4 is 0 Å². The van der Waals surface area contributed by atoms with Gasteiger partial charge in [0.05, 0.1) is 11.7 Å². The van der Waals surface area contributed by atoms with Crippen molar-refractivity contribution in [3.8, 4) is 11.1 Å². The lowest BCUT2D eigenvalue weighted by Gasteiger charge is -2.33. The standard InChI is InChI=1S/C25H19BrN2/c1-28-24(22-10-4-5-12-23(22)27-25(28)26)19-15-13-18(14-16-19)21-11-6-8-17-7-2-3-9-20(17)21/h2-16,24H,1H3. The summed E-state index contributed by atoms with van der Waals surface area (Å²) in [5.41, 5.74) is 6.01. The van der Waals surface area contributed by atoms with Gasteiger partial charge in [0.1, 0.15) is 0 Å². The number of hydrogen-bond donors (Lipinski definition) is 0. The minimum atomic E-state index is 0.143. The molecule has 0 N–H and O–H groups in total. The van der Waals surface area contributed by atoms with Crippen molar-refractivity contribution in [3.05, 3.63) is 102 Å². The Labute approximate surface area is 173 Å². The Morgan fingerprint density at radius 2 is 1.50 bits per heavy atom. The summed E-state index contributed by atoms with van der Waals surface area (Å²) >= 11 is 3.62. The Bertz CT molecular complexity index is 1190. The molecule has 1 heterocycles. The third kappa shape index (κ3) is 2.83. The molecule has 0 saturated carbocycles. The Balaban J connectivity index is 1.58. The molecular weight excluding hydrogens is 408 g/mol. The van der Waals surface area contributed by atoms with E-state index in [-0.39, 0.29) is 6.04 Å². The fourth-order valence-electron chi connectivity index (χ4n) is 4.04. The molecule has 0 aliphatic carbocycles. The van der Waals surface area contributed by atoms with E-state index in [4.69, 9.17) is 0 Å². The lowest BCUT2D eigenvalue weighted by molar-refractivity contribution is 0.430. The van der Waals surface area contributed by atoms with Gasteiger partial charge in [0.25, 0.3) is 0 Å². The fourth-order valence-corrected chi connectivity index (χ4v) is 4.44. The first-order chi connectivity index (χ1) is 13.7. The van der Waals surface area contributed by atoms with Crippen molar-refractivity contribution in [2.24, 2.45) is 4.99 Å². The predicted octanol–water partition coefficient (Wildman–Crippen LogP) is 6.92. The van der Waals surface area contributed by atoms with E-state index in [1.807, 2.05) is 6.07 Å². The zero-order valence-corrected chi connectivity index (χ0v) is 17.1. The molecule has 5 rings (SSSR count).